The number of sulfonamides is 1. The van der Waals surface area contributed by atoms with Gasteiger partial charge in [-0.15, -0.1) is 11.3 Å². The Bertz CT molecular complexity index is 584. The fourth-order valence-corrected chi connectivity index (χ4v) is 5.80. The largest absolute Gasteiger partial charge is 0.309 e. The summed E-state index contributed by atoms with van der Waals surface area (Å²) in [6, 6.07) is 0.715. The molecule has 0 atom stereocenters. The summed E-state index contributed by atoms with van der Waals surface area (Å²) in [5.74, 6) is 0.641. The number of thiophene rings is 1. The first-order valence-corrected chi connectivity index (χ1v) is 9.64. The second-order valence-corrected chi connectivity index (χ2v) is 8.84. The highest BCUT2D eigenvalue weighted by Crippen LogP contribution is 2.31. The molecule has 6 heteroatoms. The molecular weight excluding hydrogens is 292 g/mol. The molecule has 0 aliphatic heterocycles. The Morgan fingerprint density at radius 3 is 2.60 bits per heavy atom. The van der Waals surface area contributed by atoms with Crippen LogP contribution in [0.1, 0.15) is 43.0 Å². The second-order valence-electron chi connectivity index (χ2n) is 6.22. The van der Waals surface area contributed by atoms with Crippen molar-refractivity contribution in [2.45, 2.75) is 63.1 Å². The zero-order valence-corrected chi connectivity index (χ0v) is 13.6. The number of aryl methyl sites for hydroxylation is 1. The van der Waals surface area contributed by atoms with Crippen LogP contribution in [0.4, 0.5) is 0 Å². The first-order valence-electron chi connectivity index (χ1n) is 7.28. The molecule has 0 unspecified atom stereocenters. The second kappa shape index (κ2) is 5.40. The van der Waals surface area contributed by atoms with Gasteiger partial charge in [-0.25, -0.2) is 13.1 Å². The summed E-state index contributed by atoms with van der Waals surface area (Å²) in [7, 11) is -3.37. The molecule has 0 radical (unpaired) electrons. The molecule has 0 spiro atoms. The van der Waals surface area contributed by atoms with Crippen LogP contribution in [0.2, 0.25) is 0 Å². The van der Waals surface area contributed by atoms with Crippen LogP contribution in [0.3, 0.4) is 0 Å². The Labute approximate surface area is 125 Å². The molecule has 1 heterocycles. The molecule has 4 nitrogen and oxygen atoms in total. The minimum atomic E-state index is -3.37. The van der Waals surface area contributed by atoms with Gasteiger partial charge in [0.05, 0.1) is 0 Å². The highest BCUT2D eigenvalue weighted by molar-refractivity contribution is 7.89. The van der Waals surface area contributed by atoms with Gasteiger partial charge in [-0.2, -0.15) is 0 Å². The summed E-state index contributed by atoms with van der Waals surface area (Å²) < 4.78 is 28.0. The van der Waals surface area contributed by atoms with E-state index in [0.29, 0.717) is 23.4 Å². The SMILES string of the molecule is Cc1csc(CNC2CC2)c1S(=O)(=O)NC1CC(C)C1. The van der Waals surface area contributed by atoms with Gasteiger partial charge in [0.1, 0.15) is 4.90 Å². The molecular formula is C14H22N2O2S2. The Hall–Kier alpha value is -0.430. The molecule has 112 valence electrons. The summed E-state index contributed by atoms with van der Waals surface area (Å²) >= 11 is 1.54. The highest BCUT2D eigenvalue weighted by atomic mass is 32.2. The van der Waals surface area contributed by atoms with Crippen molar-refractivity contribution in [2.75, 3.05) is 0 Å². The van der Waals surface area contributed by atoms with E-state index >= 15 is 0 Å². The maximum atomic E-state index is 12.6. The van der Waals surface area contributed by atoms with Crippen LogP contribution in [0.25, 0.3) is 0 Å². The normalized spacial score (nSPS) is 26.5. The Morgan fingerprint density at radius 2 is 2.00 bits per heavy atom. The number of nitrogens with one attached hydrogen (secondary N) is 2. The molecule has 2 saturated carbocycles. The summed E-state index contributed by atoms with van der Waals surface area (Å²) in [6.07, 6.45) is 4.34. The van der Waals surface area contributed by atoms with Crippen molar-refractivity contribution in [3.8, 4) is 0 Å². The molecule has 0 saturated heterocycles. The minimum absolute atomic E-state index is 0.124. The van der Waals surface area contributed by atoms with Gasteiger partial charge in [-0.3, -0.25) is 0 Å². The standard InChI is InChI=1S/C14H22N2O2S2/c1-9-5-12(6-9)16-20(17,18)14-10(2)8-19-13(14)7-15-11-3-4-11/h8-9,11-12,15-16H,3-7H2,1-2H3. The predicted octanol–water partition coefficient (Wildman–Crippen LogP) is 2.39. The van der Waals surface area contributed by atoms with E-state index in [-0.39, 0.29) is 6.04 Å². The first-order chi connectivity index (χ1) is 9.45. The zero-order valence-electron chi connectivity index (χ0n) is 12.0. The van der Waals surface area contributed by atoms with E-state index in [1.165, 1.54) is 12.8 Å². The van der Waals surface area contributed by atoms with Crippen molar-refractivity contribution >= 4 is 21.4 Å². The van der Waals surface area contributed by atoms with Crippen LogP contribution in [-0.4, -0.2) is 20.5 Å². The lowest BCUT2D eigenvalue weighted by atomic mass is 9.83. The van der Waals surface area contributed by atoms with Gasteiger partial charge in [-0.05, 0) is 49.5 Å². The summed E-state index contributed by atoms with van der Waals surface area (Å²) in [4.78, 5) is 1.45. The summed E-state index contributed by atoms with van der Waals surface area (Å²) in [5.41, 5.74) is 0.863. The minimum Gasteiger partial charge on any atom is -0.309 e. The average Bonchev–Trinajstić information content (AvgIpc) is 3.07. The van der Waals surface area contributed by atoms with Crippen molar-refractivity contribution in [1.82, 2.24) is 10.0 Å². The molecule has 0 aromatic carbocycles. The van der Waals surface area contributed by atoms with E-state index < -0.39 is 10.0 Å². The smallest absolute Gasteiger partial charge is 0.242 e. The van der Waals surface area contributed by atoms with E-state index in [1.807, 2.05) is 12.3 Å². The summed E-state index contributed by atoms with van der Waals surface area (Å²) in [6.45, 7) is 4.71. The van der Waals surface area contributed by atoms with Crippen molar-refractivity contribution in [3.05, 3.63) is 15.8 Å². The van der Waals surface area contributed by atoms with Crippen LogP contribution in [0.5, 0.6) is 0 Å². The molecule has 20 heavy (non-hydrogen) atoms. The third-order valence-electron chi connectivity index (χ3n) is 4.08. The highest BCUT2D eigenvalue weighted by Gasteiger charge is 2.32. The van der Waals surface area contributed by atoms with Crippen molar-refractivity contribution < 1.29 is 8.42 Å². The Kier molecular flexibility index (Phi) is 3.92. The molecule has 0 amide bonds. The third kappa shape index (κ3) is 3.08. The molecule has 2 fully saturated rings. The molecule has 0 bridgehead atoms. The van der Waals surface area contributed by atoms with E-state index in [4.69, 9.17) is 0 Å². The summed E-state index contributed by atoms with van der Waals surface area (Å²) in [5, 5.41) is 5.35. The first kappa shape index (κ1) is 14.5. The van der Waals surface area contributed by atoms with E-state index in [9.17, 15) is 8.42 Å². The van der Waals surface area contributed by atoms with Gasteiger partial charge >= 0.3 is 0 Å². The predicted molar refractivity (Wildman–Crippen MR) is 81.4 cm³/mol. The lowest BCUT2D eigenvalue weighted by Crippen LogP contribution is -2.43. The Morgan fingerprint density at radius 1 is 1.30 bits per heavy atom. The van der Waals surface area contributed by atoms with E-state index in [0.717, 1.165) is 23.3 Å². The van der Waals surface area contributed by atoms with Gasteiger partial charge < -0.3 is 5.32 Å². The van der Waals surface area contributed by atoms with Gasteiger partial charge in [-0.1, -0.05) is 6.92 Å². The third-order valence-corrected chi connectivity index (χ3v) is 7.07. The lowest BCUT2D eigenvalue weighted by Gasteiger charge is -2.33. The van der Waals surface area contributed by atoms with Crippen LogP contribution in [-0.2, 0) is 16.6 Å². The van der Waals surface area contributed by atoms with Gasteiger partial charge in [0.15, 0.2) is 0 Å². The van der Waals surface area contributed by atoms with Crippen molar-refractivity contribution in [3.63, 3.8) is 0 Å². The van der Waals surface area contributed by atoms with Crippen molar-refractivity contribution in [1.29, 1.82) is 0 Å². The molecule has 2 aliphatic carbocycles. The zero-order chi connectivity index (χ0) is 14.3. The monoisotopic (exact) mass is 314 g/mol. The van der Waals surface area contributed by atoms with E-state index in [2.05, 4.69) is 17.0 Å². The van der Waals surface area contributed by atoms with Crippen LogP contribution in [0.15, 0.2) is 10.3 Å². The number of rotatable bonds is 6. The van der Waals surface area contributed by atoms with Gasteiger partial charge in [0, 0.05) is 23.5 Å². The fraction of sp³-hybridized carbons (Fsp3) is 0.714. The fourth-order valence-electron chi connectivity index (χ4n) is 2.77. The quantitative estimate of drug-likeness (QED) is 0.847. The molecule has 1 aromatic rings. The van der Waals surface area contributed by atoms with Crippen LogP contribution < -0.4 is 10.0 Å². The van der Waals surface area contributed by atoms with E-state index in [1.54, 1.807) is 11.3 Å². The number of hydrogen-bond donors (Lipinski definition) is 2. The van der Waals surface area contributed by atoms with Gasteiger partial charge in [0.2, 0.25) is 10.0 Å². The Balaban J connectivity index is 1.74. The number of hydrogen-bond acceptors (Lipinski definition) is 4. The maximum absolute atomic E-state index is 12.6. The topological polar surface area (TPSA) is 58.2 Å². The van der Waals surface area contributed by atoms with Crippen molar-refractivity contribution in [2.24, 2.45) is 5.92 Å². The van der Waals surface area contributed by atoms with Crippen LogP contribution >= 0.6 is 11.3 Å². The van der Waals surface area contributed by atoms with Gasteiger partial charge in [0.25, 0.3) is 0 Å². The lowest BCUT2D eigenvalue weighted by molar-refractivity contribution is 0.270. The van der Waals surface area contributed by atoms with Crippen LogP contribution in [0, 0.1) is 12.8 Å². The molecule has 2 aliphatic rings. The maximum Gasteiger partial charge on any atom is 0.242 e. The molecule has 1 aromatic heterocycles. The average molecular weight is 314 g/mol. The molecule has 3 rings (SSSR count). The molecule has 2 N–H and O–H groups in total.